The van der Waals surface area contributed by atoms with Crippen molar-refractivity contribution in [3.8, 4) is 0 Å². The van der Waals surface area contributed by atoms with Crippen LogP contribution in [0.1, 0.15) is 19.8 Å². The van der Waals surface area contributed by atoms with E-state index < -0.39 is 0 Å². The summed E-state index contributed by atoms with van der Waals surface area (Å²) in [5.41, 5.74) is 5.76. The van der Waals surface area contributed by atoms with E-state index in [0.717, 1.165) is 25.9 Å². The summed E-state index contributed by atoms with van der Waals surface area (Å²) >= 11 is 0. The number of piperidine rings is 1. The first kappa shape index (κ1) is 13.4. The van der Waals surface area contributed by atoms with Gasteiger partial charge in [-0.05, 0) is 12.8 Å². The molecule has 1 heterocycles. The van der Waals surface area contributed by atoms with Crippen molar-refractivity contribution in [1.29, 1.82) is 0 Å². The topological polar surface area (TPSA) is 67.6 Å². The Kier molecular flexibility index (Phi) is 5.73. The maximum atomic E-state index is 10.8. The van der Waals surface area contributed by atoms with Gasteiger partial charge in [-0.25, -0.2) is 0 Å². The molecule has 3 N–H and O–H groups in total. The minimum absolute atomic E-state index is 0.0241. The van der Waals surface area contributed by atoms with E-state index in [1.807, 2.05) is 0 Å². The summed E-state index contributed by atoms with van der Waals surface area (Å²) in [5.74, 6) is 0.0241. The van der Waals surface area contributed by atoms with Crippen molar-refractivity contribution >= 4 is 5.91 Å². The molecule has 5 nitrogen and oxygen atoms in total. The molecule has 2 unspecified atom stereocenters. The summed E-state index contributed by atoms with van der Waals surface area (Å²) in [7, 11) is 1.76. The summed E-state index contributed by atoms with van der Waals surface area (Å²) in [4.78, 5) is 13.1. The Morgan fingerprint density at radius 2 is 2.38 bits per heavy atom. The van der Waals surface area contributed by atoms with Gasteiger partial charge in [0, 0.05) is 46.3 Å². The van der Waals surface area contributed by atoms with Crippen LogP contribution in [0.25, 0.3) is 0 Å². The number of rotatable bonds is 5. The predicted octanol–water partition coefficient (Wildman–Crippen LogP) is -0.439. The van der Waals surface area contributed by atoms with Crippen LogP contribution in [-0.4, -0.2) is 56.2 Å². The second-order valence-corrected chi connectivity index (χ2v) is 4.29. The van der Waals surface area contributed by atoms with Gasteiger partial charge < -0.3 is 15.8 Å². The number of amides is 1. The first-order chi connectivity index (χ1) is 7.67. The molecule has 2 atom stereocenters. The number of methoxy groups -OCH3 is 1. The van der Waals surface area contributed by atoms with Gasteiger partial charge >= 0.3 is 0 Å². The number of carbonyl (C=O) groups excluding carboxylic acids is 1. The molecular formula is C11H23N3O2. The molecule has 0 radical (unpaired) electrons. The van der Waals surface area contributed by atoms with E-state index in [1.54, 1.807) is 7.11 Å². The van der Waals surface area contributed by atoms with E-state index in [9.17, 15) is 4.79 Å². The van der Waals surface area contributed by atoms with Crippen molar-refractivity contribution in [3.05, 3.63) is 0 Å². The highest BCUT2D eigenvalue weighted by Crippen LogP contribution is 2.18. The molecule has 0 aromatic heterocycles. The molecule has 5 heteroatoms. The maximum Gasteiger partial charge on any atom is 0.216 e. The smallest absolute Gasteiger partial charge is 0.216 e. The van der Waals surface area contributed by atoms with E-state index >= 15 is 0 Å². The van der Waals surface area contributed by atoms with Gasteiger partial charge in [0.2, 0.25) is 5.91 Å². The van der Waals surface area contributed by atoms with Crippen molar-refractivity contribution in [3.63, 3.8) is 0 Å². The molecule has 1 fully saturated rings. The Morgan fingerprint density at radius 3 is 2.94 bits per heavy atom. The summed E-state index contributed by atoms with van der Waals surface area (Å²) in [6.07, 6.45) is 2.38. The van der Waals surface area contributed by atoms with Crippen LogP contribution in [0.3, 0.4) is 0 Å². The molecule has 16 heavy (non-hydrogen) atoms. The average Bonchev–Trinajstić information content (AvgIpc) is 2.29. The second kappa shape index (κ2) is 6.83. The fraction of sp³-hybridized carbons (Fsp3) is 0.909. The summed E-state index contributed by atoms with van der Waals surface area (Å²) < 4.78 is 5.36. The Bertz CT molecular complexity index is 223. The molecule has 0 bridgehead atoms. The van der Waals surface area contributed by atoms with Crippen LogP contribution in [-0.2, 0) is 9.53 Å². The number of hydrogen-bond acceptors (Lipinski definition) is 4. The standard InChI is InChI=1S/C11H23N3O2/c1-9(15)13-4-6-14-5-3-11(16-2)7-10(14)8-12/h10-11H,3-8,12H2,1-2H3,(H,13,15). The van der Waals surface area contributed by atoms with Gasteiger partial charge in [-0.15, -0.1) is 0 Å². The fourth-order valence-corrected chi connectivity index (χ4v) is 2.19. The SMILES string of the molecule is COC1CCN(CCNC(C)=O)C(CN)C1. The number of nitrogens with one attached hydrogen (secondary N) is 1. The van der Waals surface area contributed by atoms with Crippen molar-refractivity contribution in [2.24, 2.45) is 5.73 Å². The monoisotopic (exact) mass is 229 g/mol. The van der Waals surface area contributed by atoms with Gasteiger partial charge in [0.05, 0.1) is 6.10 Å². The first-order valence-corrected chi connectivity index (χ1v) is 5.88. The molecule has 0 saturated carbocycles. The second-order valence-electron chi connectivity index (χ2n) is 4.29. The van der Waals surface area contributed by atoms with Gasteiger partial charge in [-0.2, -0.15) is 0 Å². The van der Waals surface area contributed by atoms with Crippen LogP contribution < -0.4 is 11.1 Å². The number of likely N-dealkylation sites (tertiary alicyclic amines) is 1. The van der Waals surface area contributed by atoms with Crippen molar-refractivity contribution in [1.82, 2.24) is 10.2 Å². The minimum atomic E-state index is 0.0241. The van der Waals surface area contributed by atoms with E-state index in [0.29, 0.717) is 25.2 Å². The third-order valence-corrected chi connectivity index (χ3v) is 3.17. The largest absolute Gasteiger partial charge is 0.381 e. The Balaban J connectivity index is 2.32. The number of carbonyl (C=O) groups is 1. The molecule has 0 spiro atoms. The quantitative estimate of drug-likeness (QED) is 0.671. The lowest BCUT2D eigenvalue weighted by Crippen LogP contribution is -2.50. The normalized spacial score (nSPS) is 26.7. The summed E-state index contributed by atoms with van der Waals surface area (Å²) in [6, 6.07) is 0.382. The van der Waals surface area contributed by atoms with E-state index in [-0.39, 0.29) is 5.91 Å². The lowest BCUT2D eigenvalue weighted by atomic mass is 9.99. The molecule has 0 aromatic carbocycles. The highest BCUT2D eigenvalue weighted by atomic mass is 16.5. The van der Waals surface area contributed by atoms with Crippen LogP contribution in [0.5, 0.6) is 0 Å². The lowest BCUT2D eigenvalue weighted by Gasteiger charge is -2.38. The van der Waals surface area contributed by atoms with Crippen molar-refractivity contribution in [2.45, 2.75) is 31.9 Å². The minimum Gasteiger partial charge on any atom is -0.381 e. The van der Waals surface area contributed by atoms with Crippen LogP contribution in [0.4, 0.5) is 0 Å². The lowest BCUT2D eigenvalue weighted by molar-refractivity contribution is -0.119. The van der Waals surface area contributed by atoms with Crippen LogP contribution in [0.2, 0.25) is 0 Å². The highest BCUT2D eigenvalue weighted by Gasteiger charge is 2.26. The number of nitrogens with two attached hydrogens (primary N) is 1. The number of hydrogen-bond donors (Lipinski definition) is 2. The van der Waals surface area contributed by atoms with Gasteiger partial charge in [-0.3, -0.25) is 9.69 Å². The average molecular weight is 229 g/mol. The molecule has 1 aliphatic heterocycles. The van der Waals surface area contributed by atoms with Gasteiger partial charge in [0.1, 0.15) is 0 Å². The molecule has 1 amide bonds. The van der Waals surface area contributed by atoms with Crippen LogP contribution >= 0.6 is 0 Å². The highest BCUT2D eigenvalue weighted by molar-refractivity contribution is 5.72. The predicted molar refractivity (Wildman–Crippen MR) is 63.1 cm³/mol. The van der Waals surface area contributed by atoms with E-state index in [1.165, 1.54) is 6.92 Å². The van der Waals surface area contributed by atoms with Gasteiger partial charge in [0.25, 0.3) is 0 Å². The Labute approximate surface area is 97.3 Å². The fourth-order valence-electron chi connectivity index (χ4n) is 2.19. The third-order valence-electron chi connectivity index (χ3n) is 3.17. The Hall–Kier alpha value is -0.650. The Morgan fingerprint density at radius 1 is 1.62 bits per heavy atom. The van der Waals surface area contributed by atoms with Crippen LogP contribution in [0.15, 0.2) is 0 Å². The summed E-state index contributed by atoms with van der Waals surface area (Å²) in [5, 5.41) is 2.81. The zero-order chi connectivity index (χ0) is 12.0. The maximum absolute atomic E-state index is 10.8. The molecule has 94 valence electrons. The van der Waals surface area contributed by atoms with Crippen molar-refractivity contribution < 1.29 is 9.53 Å². The number of ether oxygens (including phenoxy) is 1. The molecular weight excluding hydrogens is 206 g/mol. The zero-order valence-electron chi connectivity index (χ0n) is 10.2. The molecule has 0 aromatic rings. The van der Waals surface area contributed by atoms with Crippen LogP contribution in [0, 0.1) is 0 Å². The molecule has 0 aliphatic carbocycles. The van der Waals surface area contributed by atoms with Gasteiger partial charge in [-0.1, -0.05) is 0 Å². The first-order valence-electron chi connectivity index (χ1n) is 5.88. The molecule has 1 rings (SSSR count). The number of nitrogens with zero attached hydrogens (tertiary/aromatic N) is 1. The zero-order valence-corrected chi connectivity index (χ0v) is 10.2. The van der Waals surface area contributed by atoms with E-state index in [4.69, 9.17) is 10.5 Å². The molecule has 1 saturated heterocycles. The molecule has 1 aliphatic rings. The van der Waals surface area contributed by atoms with Crippen molar-refractivity contribution in [2.75, 3.05) is 33.3 Å². The van der Waals surface area contributed by atoms with Gasteiger partial charge in [0.15, 0.2) is 0 Å². The third kappa shape index (κ3) is 4.08. The van der Waals surface area contributed by atoms with E-state index in [2.05, 4.69) is 10.2 Å². The summed E-state index contributed by atoms with van der Waals surface area (Å²) in [6.45, 7) is 4.76.